The van der Waals surface area contributed by atoms with Crippen molar-refractivity contribution in [3.8, 4) is 0 Å². The van der Waals surface area contributed by atoms with E-state index in [1.54, 1.807) is 0 Å². The zero-order valence-corrected chi connectivity index (χ0v) is 17.9. The molecule has 1 heterocycles. The highest BCUT2D eigenvalue weighted by molar-refractivity contribution is 5.91. The highest BCUT2D eigenvalue weighted by Crippen LogP contribution is 2.22. The number of hydrogen-bond donors (Lipinski definition) is 2. The van der Waals surface area contributed by atoms with Gasteiger partial charge in [0.2, 0.25) is 5.91 Å². The predicted octanol–water partition coefficient (Wildman–Crippen LogP) is 2.83. The first-order valence-electron chi connectivity index (χ1n) is 10.2. The lowest BCUT2D eigenvalue weighted by atomic mass is 9.97. The number of ether oxygens (including phenoxy) is 1. The SMILES string of the molecule is Cc1cc(N(C)C)ccc1NC(=O)NCC(C(=O)N1CCOCC1)c1ccccc1. The summed E-state index contributed by atoms with van der Waals surface area (Å²) in [5.74, 6) is -0.427. The van der Waals surface area contributed by atoms with E-state index in [1.807, 2.05) is 79.3 Å². The Hall–Kier alpha value is -3.06. The summed E-state index contributed by atoms with van der Waals surface area (Å²) < 4.78 is 5.36. The summed E-state index contributed by atoms with van der Waals surface area (Å²) in [6.07, 6.45) is 0. The van der Waals surface area contributed by atoms with Crippen LogP contribution < -0.4 is 15.5 Å². The number of morpholine rings is 1. The Morgan fingerprint density at radius 1 is 1.10 bits per heavy atom. The lowest BCUT2D eigenvalue weighted by molar-refractivity contribution is -0.136. The molecule has 1 atom stereocenters. The van der Waals surface area contributed by atoms with Crippen LogP contribution in [0, 0.1) is 6.92 Å². The van der Waals surface area contributed by atoms with Gasteiger partial charge in [0.1, 0.15) is 0 Å². The third kappa shape index (κ3) is 5.51. The van der Waals surface area contributed by atoms with Crippen LogP contribution in [0.3, 0.4) is 0 Å². The quantitative estimate of drug-likeness (QED) is 0.768. The predicted molar refractivity (Wildman–Crippen MR) is 119 cm³/mol. The van der Waals surface area contributed by atoms with E-state index in [1.165, 1.54) is 0 Å². The number of nitrogens with zero attached hydrogens (tertiary/aromatic N) is 2. The van der Waals surface area contributed by atoms with Crippen molar-refractivity contribution >= 4 is 23.3 Å². The van der Waals surface area contributed by atoms with Gasteiger partial charge in [0, 0.05) is 45.1 Å². The van der Waals surface area contributed by atoms with Gasteiger partial charge in [-0.05, 0) is 36.2 Å². The molecule has 160 valence electrons. The second-order valence-corrected chi connectivity index (χ2v) is 7.63. The number of nitrogens with one attached hydrogen (secondary N) is 2. The molecular weight excluding hydrogens is 380 g/mol. The average Bonchev–Trinajstić information content (AvgIpc) is 2.76. The first-order chi connectivity index (χ1) is 14.5. The van der Waals surface area contributed by atoms with E-state index in [-0.39, 0.29) is 18.5 Å². The molecule has 0 aromatic heterocycles. The number of carbonyl (C=O) groups excluding carboxylic acids is 2. The Morgan fingerprint density at radius 3 is 2.43 bits per heavy atom. The van der Waals surface area contributed by atoms with E-state index in [2.05, 4.69) is 10.6 Å². The molecule has 1 fully saturated rings. The van der Waals surface area contributed by atoms with Crippen LogP contribution in [0.15, 0.2) is 48.5 Å². The van der Waals surface area contributed by atoms with Gasteiger partial charge in [-0.25, -0.2) is 4.79 Å². The minimum absolute atomic E-state index is 0.0105. The smallest absolute Gasteiger partial charge is 0.319 e. The second kappa shape index (κ2) is 10.1. The van der Waals surface area contributed by atoms with Gasteiger partial charge in [-0.3, -0.25) is 4.79 Å². The average molecular weight is 411 g/mol. The van der Waals surface area contributed by atoms with Crippen LogP contribution in [0.4, 0.5) is 16.2 Å². The number of urea groups is 1. The number of aryl methyl sites for hydroxylation is 1. The van der Waals surface area contributed by atoms with E-state index < -0.39 is 5.92 Å². The summed E-state index contributed by atoms with van der Waals surface area (Å²) in [6, 6.07) is 15.1. The van der Waals surface area contributed by atoms with Gasteiger partial charge in [-0.2, -0.15) is 0 Å². The largest absolute Gasteiger partial charge is 0.378 e. The molecule has 0 aliphatic carbocycles. The molecule has 2 N–H and O–H groups in total. The Balaban J connectivity index is 1.66. The van der Waals surface area contributed by atoms with Gasteiger partial charge >= 0.3 is 6.03 Å². The highest BCUT2D eigenvalue weighted by atomic mass is 16.5. The normalized spacial score (nSPS) is 14.7. The lowest BCUT2D eigenvalue weighted by Gasteiger charge is -2.30. The van der Waals surface area contributed by atoms with Crippen molar-refractivity contribution in [2.45, 2.75) is 12.8 Å². The number of amides is 3. The summed E-state index contributed by atoms with van der Waals surface area (Å²) in [6.45, 7) is 4.42. The number of carbonyl (C=O) groups is 2. The summed E-state index contributed by atoms with van der Waals surface area (Å²) in [4.78, 5) is 29.5. The summed E-state index contributed by atoms with van der Waals surface area (Å²) in [5.41, 5.74) is 3.67. The minimum atomic E-state index is -0.438. The maximum atomic E-state index is 13.1. The van der Waals surface area contributed by atoms with Gasteiger partial charge in [0.05, 0.1) is 19.1 Å². The first-order valence-corrected chi connectivity index (χ1v) is 10.2. The molecule has 30 heavy (non-hydrogen) atoms. The van der Waals surface area contributed by atoms with Crippen LogP contribution in [0.25, 0.3) is 0 Å². The van der Waals surface area contributed by atoms with Gasteiger partial charge < -0.3 is 25.2 Å². The fourth-order valence-electron chi connectivity index (χ4n) is 3.46. The fraction of sp³-hybridized carbons (Fsp3) is 0.391. The van der Waals surface area contributed by atoms with E-state index in [0.717, 1.165) is 22.5 Å². The van der Waals surface area contributed by atoms with Crippen LogP contribution in [-0.2, 0) is 9.53 Å². The Kier molecular flexibility index (Phi) is 7.30. The Labute approximate surface area is 178 Å². The second-order valence-electron chi connectivity index (χ2n) is 7.63. The maximum absolute atomic E-state index is 13.1. The Morgan fingerprint density at radius 2 is 1.80 bits per heavy atom. The van der Waals surface area contributed by atoms with Crippen molar-refractivity contribution in [1.29, 1.82) is 0 Å². The molecule has 3 amide bonds. The van der Waals surface area contributed by atoms with Gasteiger partial charge in [-0.1, -0.05) is 30.3 Å². The molecule has 0 saturated carbocycles. The van der Waals surface area contributed by atoms with Gasteiger partial charge in [0.25, 0.3) is 0 Å². The zero-order chi connectivity index (χ0) is 21.5. The number of hydrogen-bond acceptors (Lipinski definition) is 4. The molecule has 7 nitrogen and oxygen atoms in total. The third-order valence-electron chi connectivity index (χ3n) is 5.26. The van der Waals surface area contributed by atoms with Crippen molar-refractivity contribution in [1.82, 2.24) is 10.2 Å². The number of anilines is 2. The monoisotopic (exact) mass is 410 g/mol. The van der Waals surface area contributed by atoms with Crippen LogP contribution >= 0.6 is 0 Å². The zero-order valence-electron chi connectivity index (χ0n) is 17.9. The van der Waals surface area contributed by atoms with E-state index in [4.69, 9.17) is 4.74 Å². The van der Waals surface area contributed by atoms with Gasteiger partial charge in [0.15, 0.2) is 0 Å². The molecule has 0 bridgehead atoms. The third-order valence-corrected chi connectivity index (χ3v) is 5.26. The fourth-order valence-corrected chi connectivity index (χ4v) is 3.46. The van der Waals surface area contributed by atoms with Crippen LogP contribution in [0.5, 0.6) is 0 Å². The van der Waals surface area contributed by atoms with Crippen LogP contribution in [0.2, 0.25) is 0 Å². The number of benzene rings is 2. The maximum Gasteiger partial charge on any atom is 0.319 e. The first kappa shape index (κ1) is 21.6. The molecule has 1 aliphatic rings. The van der Waals surface area contributed by atoms with E-state index in [9.17, 15) is 9.59 Å². The topological polar surface area (TPSA) is 73.9 Å². The van der Waals surface area contributed by atoms with Crippen molar-refractivity contribution < 1.29 is 14.3 Å². The van der Waals surface area contributed by atoms with Crippen molar-refractivity contribution in [2.75, 3.05) is 57.2 Å². The summed E-state index contributed by atoms with van der Waals surface area (Å²) in [5, 5.41) is 5.76. The molecule has 2 aromatic rings. The van der Waals surface area contributed by atoms with Crippen molar-refractivity contribution in [3.63, 3.8) is 0 Å². The highest BCUT2D eigenvalue weighted by Gasteiger charge is 2.27. The van der Waals surface area contributed by atoms with Crippen LogP contribution in [0.1, 0.15) is 17.0 Å². The van der Waals surface area contributed by atoms with E-state index >= 15 is 0 Å². The molecular formula is C23H30N4O3. The van der Waals surface area contributed by atoms with Gasteiger partial charge in [-0.15, -0.1) is 0 Å². The molecule has 0 spiro atoms. The molecule has 3 rings (SSSR count). The molecule has 1 unspecified atom stereocenters. The van der Waals surface area contributed by atoms with E-state index in [0.29, 0.717) is 26.3 Å². The van der Waals surface area contributed by atoms with Crippen molar-refractivity contribution in [2.24, 2.45) is 0 Å². The summed E-state index contributed by atoms with van der Waals surface area (Å²) >= 11 is 0. The van der Waals surface area contributed by atoms with Crippen LogP contribution in [-0.4, -0.2) is 63.8 Å². The molecule has 7 heteroatoms. The van der Waals surface area contributed by atoms with Crippen molar-refractivity contribution in [3.05, 3.63) is 59.7 Å². The Bertz CT molecular complexity index is 864. The lowest BCUT2D eigenvalue weighted by Crippen LogP contribution is -2.46. The molecule has 0 radical (unpaired) electrons. The number of rotatable bonds is 6. The molecule has 1 saturated heterocycles. The molecule has 2 aromatic carbocycles. The molecule has 1 aliphatic heterocycles. The standard InChI is InChI=1S/C23H30N4O3/c1-17-15-19(26(2)3)9-10-21(17)25-23(29)24-16-20(18-7-5-4-6-8-18)22(28)27-11-13-30-14-12-27/h4-10,15,20H,11-14,16H2,1-3H3,(H2,24,25,29). The minimum Gasteiger partial charge on any atom is -0.378 e. The summed E-state index contributed by atoms with van der Waals surface area (Å²) in [7, 11) is 3.95.